The molecule has 0 aromatic heterocycles. The highest BCUT2D eigenvalue weighted by Crippen LogP contribution is 2.33. The molecule has 0 unspecified atom stereocenters. The Labute approximate surface area is 167 Å². The molecule has 1 aliphatic heterocycles. The maximum atomic E-state index is 12.6. The van der Waals surface area contributed by atoms with Crippen LogP contribution in [0.5, 0.6) is 5.75 Å². The van der Waals surface area contributed by atoms with E-state index in [2.05, 4.69) is 26.6 Å². The molecule has 1 aliphatic rings. The van der Waals surface area contributed by atoms with Crippen LogP contribution in [0.4, 0.5) is 11.4 Å². The number of nitrogens with one attached hydrogen (secondary N) is 2. The van der Waals surface area contributed by atoms with E-state index < -0.39 is 6.10 Å². The van der Waals surface area contributed by atoms with Crippen LogP contribution in [0.1, 0.15) is 13.3 Å². The van der Waals surface area contributed by atoms with E-state index in [9.17, 15) is 9.59 Å². The van der Waals surface area contributed by atoms with Gasteiger partial charge >= 0.3 is 0 Å². The largest absolute Gasteiger partial charge is 0.477 e. The van der Waals surface area contributed by atoms with Crippen LogP contribution in [0.15, 0.2) is 53.0 Å². The summed E-state index contributed by atoms with van der Waals surface area (Å²) in [5.41, 5.74) is 1.51. The van der Waals surface area contributed by atoms with Crippen molar-refractivity contribution in [2.24, 2.45) is 0 Å². The first-order valence-corrected chi connectivity index (χ1v) is 9.70. The van der Waals surface area contributed by atoms with Crippen molar-refractivity contribution in [3.8, 4) is 5.75 Å². The summed E-state index contributed by atoms with van der Waals surface area (Å²) in [6, 6.07) is 14.9. The van der Waals surface area contributed by atoms with Crippen LogP contribution in [0.2, 0.25) is 0 Å². The standard InChI is InChI=1S/C20H22BrN3O3/c1-2-11-22-20(26)18-12-24(16-9-5-6-10-17(16)27-18)13-19(25)23-15-8-4-3-7-14(15)21/h3-10,18H,2,11-13H2,1H3,(H,22,26)(H,23,25)/t18-/m1/s1. The zero-order valence-electron chi connectivity index (χ0n) is 15.1. The third kappa shape index (κ3) is 4.80. The Kier molecular flexibility index (Phi) is 6.34. The number of ether oxygens (including phenoxy) is 1. The van der Waals surface area contributed by atoms with Gasteiger partial charge in [0.25, 0.3) is 5.91 Å². The van der Waals surface area contributed by atoms with Crippen molar-refractivity contribution in [3.63, 3.8) is 0 Å². The van der Waals surface area contributed by atoms with Crippen molar-refractivity contribution in [1.82, 2.24) is 5.32 Å². The molecule has 2 aromatic rings. The van der Waals surface area contributed by atoms with Crippen LogP contribution in [-0.4, -0.2) is 37.6 Å². The molecule has 0 fully saturated rings. The third-order valence-corrected chi connectivity index (χ3v) is 4.88. The van der Waals surface area contributed by atoms with Crippen molar-refractivity contribution in [3.05, 3.63) is 53.0 Å². The second-order valence-electron chi connectivity index (χ2n) is 6.27. The van der Waals surface area contributed by atoms with Gasteiger partial charge in [-0.15, -0.1) is 0 Å². The van der Waals surface area contributed by atoms with Crippen LogP contribution in [0.25, 0.3) is 0 Å². The van der Waals surface area contributed by atoms with E-state index in [0.29, 0.717) is 24.5 Å². The number of amides is 2. The minimum Gasteiger partial charge on any atom is -0.477 e. The molecule has 27 heavy (non-hydrogen) atoms. The average Bonchev–Trinajstić information content (AvgIpc) is 2.67. The lowest BCUT2D eigenvalue weighted by atomic mass is 10.1. The molecule has 0 spiro atoms. The predicted molar refractivity (Wildman–Crippen MR) is 109 cm³/mol. The highest BCUT2D eigenvalue weighted by Gasteiger charge is 2.31. The number of hydrogen-bond donors (Lipinski definition) is 2. The molecule has 1 atom stereocenters. The van der Waals surface area contributed by atoms with Gasteiger partial charge in [0, 0.05) is 11.0 Å². The molecule has 1 heterocycles. The highest BCUT2D eigenvalue weighted by molar-refractivity contribution is 9.10. The van der Waals surface area contributed by atoms with Crippen LogP contribution >= 0.6 is 15.9 Å². The Morgan fingerprint density at radius 1 is 1.19 bits per heavy atom. The summed E-state index contributed by atoms with van der Waals surface area (Å²) in [5.74, 6) is 0.281. The van der Waals surface area contributed by atoms with Gasteiger partial charge in [0.15, 0.2) is 6.10 Å². The smallest absolute Gasteiger partial charge is 0.262 e. The first-order valence-electron chi connectivity index (χ1n) is 8.91. The second kappa shape index (κ2) is 8.90. The number of rotatable bonds is 6. The number of carbonyl (C=O) groups is 2. The first-order chi connectivity index (χ1) is 13.1. The monoisotopic (exact) mass is 431 g/mol. The minimum atomic E-state index is -0.650. The molecule has 0 radical (unpaired) electrons. The van der Waals surface area contributed by atoms with Crippen molar-refractivity contribution >= 4 is 39.1 Å². The van der Waals surface area contributed by atoms with E-state index in [1.54, 1.807) is 0 Å². The van der Waals surface area contributed by atoms with Crippen molar-refractivity contribution in [2.75, 3.05) is 29.9 Å². The number of anilines is 2. The van der Waals surface area contributed by atoms with E-state index in [0.717, 1.165) is 16.6 Å². The molecule has 0 saturated heterocycles. The van der Waals surface area contributed by atoms with Gasteiger partial charge in [-0.1, -0.05) is 31.2 Å². The van der Waals surface area contributed by atoms with Crippen molar-refractivity contribution in [2.45, 2.75) is 19.4 Å². The van der Waals surface area contributed by atoms with Gasteiger partial charge in [0.05, 0.1) is 24.5 Å². The van der Waals surface area contributed by atoms with Gasteiger partial charge in [-0.3, -0.25) is 9.59 Å². The lowest BCUT2D eigenvalue weighted by Crippen LogP contribution is -2.50. The molecule has 2 aromatic carbocycles. The van der Waals surface area contributed by atoms with E-state index >= 15 is 0 Å². The summed E-state index contributed by atoms with van der Waals surface area (Å²) in [7, 11) is 0. The molecular weight excluding hydrogens is 410 g/mol. The molecule has 0 bridgehead atoms. The van der Waals surface area contributed by atoms with Gasteiger partial charge < -0.3 is 20.3 Å². The molecule has 7 heteroatoms. The van der Waals surface area contributed by atoms with E-state index in [1.807, 2.05) is 60.4 Å². The zero-order chi connectivity index (χ0) is 19.2. The van der Waals surface area contributed by atoms with Gasteiger partial charge in [-0.05, 0) is 46.6 Å². The second-order valence-corrected chi connectivity index (χ2v) is 7.13. The van der Waals surface area contributed by atoms with Crippen molar-refractivity contribution in [1.29, 1.82) is 0 Å². The minimum absolute atomic E-state index is 0.124. The number of carbonyl (C=O) groups excluding carboxylic acids is 2. The fourth-order valence-electron chi connectivity index (χ4n) is 2.88. The van der Waals surface area contributed by atoms with Crippen molar-refractivity contribution < 1.29 is 14.3 Å². The SMILES string of the molecule is CCCNC(=O)[C@H]1CN(CC(=O)Nc2ccccc2Br)c2ccccc2O1. The molecular formula is C20H22BrN3O3. The van der Waals surface area contributed by atoms with Crippen LogP contribution in [0.3, 0.4) is 0 Å². The maximum absolute atomic E-state index is 12.6. The average molecular weight is 432 g/mol. The van der Waals surface area contributed by atoms with Gasteiger partial charge in [-0.2, -0.15) is 0 Å². The van der Waals surface area contributed by atoms with E-state index in [1.165, 1.54) is 0 Å². The first kappa shape index (κ1) is 19.2. The number of halogens is 1. The predicted octanol–water partition coefficient (Wildman–Crippen LogP) is 3.18. The molecule has 3 rings (SSSR count). The van der Waals surface area contributed by atoms with E-state index in [4.69, 9.17) is 4.74 Å². The topological polar surface area (TPSA) is 70.7 Å². The number of para-hydroxylation sites is 3. The quantitative estimate of drug-likeness (QED) is 0.736. The molecule has 0 saturated carbocycles. The lowest BCUT2D eigenvalue weighted by Gasteiger charge is -2.35. The third-order valence-electron chi connectivity index (χ3n) is 4.19. The Hall–Kier alpha value is -2.54. The number of benzene rings is 2. The molecule has 2 amide bonds. The molecule has 0 aliphatic carbocycles. The normalized spacial score (nSPS) is 15.5. The fraction of sp³-hybridized carbons (Fsp3) is 0.300. The number of fused-ring (bicyclic) bond motifs is 1. The summed E-state index contributed by atoms with van der Waals surface area (Å²) in [6.45, 7) is 3.04. The molecule has 142 valence electrons. The van der Waals surface area contributed by atoms with Gasteiger partial charge in [-0.25, -0.2) is 0 Å². The zero-order valence-corrected chi connectivity index (χ0v) is 16.7. The number of nitrogens with zero attached hydrogens (tertiary/aromatic N) is 1. The Balaban J connectivity index is 1.73. The summed E-state index contributed by atoms with van der Waals surface area (Å²) < 4.78 is 6.66. The number of hydrogen-bond acceptors (Lipinski definition) is 4. The summed E-state index contributed by atoms with van der Waals surface area (Å²) in [6.07, 6.45) is 0.204. The summed E-state index contributed by atoms with van der Waals surface area (Å²) in [4.78, 5) is 26.8. The van der Waals surface area contributed by atoms with Gasteiger partial charge in [0.2, 0.25) is 5.91 Å². The molecule has 2 N–H and O–H groups in total. The van der Waals surface area contributed by atoms with E-state index in [-0.39, 0.29) is 18.4 Å². The molecule has 6 nitrogen and oxygen atoms in total. The Morgan fingerprint density at radius 3 is 2.70 bits per heavy atom. The maximum Gasteiger partial charge on any atom is 0.262 e. The summed E-state index contributed by atoms with van der Waals surface area (Å²) >= 11 is 3.43. The fourth-order valence-corrected chi connectivity index (χ4v) is 3.26. The van der Waals surface area contributed by atoms with Gasteiger partial charge in [0.1, 0.15) is 5.75 Å². The van der Waals surface area contributed by atoms with Crippen LogP contribution in [0, 0.1) is 0 Å². The summed E-state index contributed by atoms with van der Waals surface area (Å²) in [5, 5.41) is 5.75. The highest BCUT2D eigenvalue weighted by atomic mass is 79.9. The lowest BCUT2D eigenvalue weighted by molar-refractivity contribution is -0.128. The van der Waals surface area contributed by atoms with Crippen LogP contribution in [-0.2, 0) is 9.59 Å². The Morgan fingerprint density at radius 2 is 1.93 bits per heavy atom. The van der Waals surface area contributed by atoms with Crippen LogP contribution < -0.4 is 20.3 Å². The Bertz CT molecular complexity index is 828.